The van der Waals surface area contributed by atoms with Crippen molar-refractivity contribution in [2.45, 2.75) is 76.8 Å². The molecule has 22 nitrogen and oxygen atoms in total. The van der Waals surface area contributed by atoms with Crippen molar-refractivity contribution in [2.24, 2.45) is 0 Å². The Labute approximate surface area is 530 Å². The largest absolute Gasteiger partial charge is 0.511 e. The number of nitrogens with zero attached hydrogens (tertiary/aromatic N) is 8. The van der Waals surface area contributed by atoms with Crippen LogP contribution in [0.3, 0.4) is 0 Å². The predicted octanol–water partition coefficient (Wildman–Crippen LogP) is 7.83. The minimum absolute atomic E-state index is 0.00433. The Bertz CT molecular complexity index is 3340. The molecule has 0 N–H and O–H groups in total. The van der Waals surface area contributed by atoms with Gasteiger partial charge in [0.15, 0.2) is 0 Å². The first kappa shape index (κ1) is 64.1. The summed E-state index contributed by atoms with van der Waals surface area (Å²) in [5.41, 5.74) is 3.32. The number of ether oxygens (including phenoxy) is 10. The molecule has 26 heteroatoms. The molecule has 4 aliphatic heterocycles. The van der Waals surface area contributed by atoms with E-state index in [-0.39, 0.29) is 84.2 Å². The summed E-state index contributed by atoms with van der Waals surface area (Å²) < 4.78 is 67.5. The SMILES string of the molecule is CC(=O)N1CCN(c2ccc(OC[C@@H]3CO[C@@](C[n+]4ccn(CCC(=O)OCCOCCOC(=O)OC(C)n5cc[n+](C[C@@]6(c7ccc(Cl)cc7Cl)OC[C@@H](COc7ccc(N8CCN(C(C)=O)CC8)cc7)O6)c5)c4)(c4ccc(Cl)cc4Cl)O3)cc2)CC1. The van der Waals surface area contributed by atoms with E-state index in [2.05, 4.69) is 9.80 Å². The second-order valence-electron chi connectivity index (χ2n) is 21.7. The van der Waals surface area contributed by atoms with Gasteiger partial charge >= 0.3 is 12.1 Å². The lowest BCUT2D eigenvalue weighted by atomic mass is 10.1. The molecule has 4 saturated heterocycles. The molecule has 0 aliphatic carbocycles. The lowest BCUT2D eigenvalue weighted by Gasteiger charge is -2.35. The number of hydrogen-bond donors (Lipinski definition) is 0. The minimum Gasteiger partial charge on any atom is -0.491 e. The van der Waals surface area contributed by atoms with Gasteiger partial charge in [0, 0.05) is 106 Å². The second-order valence-corrected chi connectivity index (χ2v) is 23.4. The number of piperazine rings is 2. The molecule has 0 radical (unpaired) electrons. The molecule has 10 rings (SSSR count). The topological polar surface area (TPSA) is 191 Å². The standard InChI is InChI=1S/C62H72Cl4N8O14/c1-44(75)70-22-26-72(27-23-70)49-6-10-51(11-7-49)82-36-53-38-84-61(87-53,55-14-4-47(63)34-57(55)65)40-68-19-18-67(42-68)17-16-59(77)80-32-30-79-31-33-81-60(78)86-46(3)74-21-20-69(43-74)41-62(56-15-5-48(64)35-58(56)66)85-39-54(88-62)37-83-52-12-8-50(9-13-52)73-28-24-71(25-29-73)45(2)76/h4-15,18-21,34-35,42-43,46,53-54H,16-17,22-33,36-41H2,1-3H3/q+2/t46?,53-,54-,61-,62-/m1/s1. The summed E-state index contributed by atoms with van der Waals surface area (Å²) >= 11 is 26.1. The number of aryl methyl sites for hydroxylation is 1. The Morgan fingerprint density at radius 1 is 0.602 bits per heavy atom. The summed E-state index contributed by atoms with van der Waals surface area (Å²) in [6.45, 7) is 12.4. The van der Waals surface area contributed by atoms with Crippen LogP contribution in [0.2, 0.25) is 20.1 Å². The Hall–Kier alpha value is -6.86. The molecule has 0 saturated carbocycles. The summed E-state index contributed by atoms with van der Waals surface area (Å²) in [7, 11) is 0. The van der Waals surface area contributed by atoms with Crippen molar-refractivity contribution < 1.29 is 75.7 Å². The molecule has 470 valence electrons. The quantitative estimate of drug-likeness (QED) is 0.0306. The molecular formula is C62H72Cl4N8O14+2. The smallest absolute Gasteiger partial charge is 0.491 e. The van der Waals surface area contributed by atoms with Crippen molar-refractivity contribution in [1.29, 1.82) is 0 Å². The number of anilines is 2. The summed E-state index contributed by atoms with van der Waals surface area (Å²) in [5, 5.41) is 1.69. The maximum atomic E-state index is 12.7. The zero-order valence-corrected chi connectivity index (χ0v) is 52.2. The summed E-state index contributed by atoms with van der Waals surface area (Å²) in [4.78, 5) is 57.2. The molecule has 2 aromatic heterocycles. The van der Waals surface area contributed by atoms with Crippen LogP contribution in [0.5, 0.6) is 11.5 Å². The number of rotatable bonds is 25. The zero-order chi connectivity index (χ0) is 61.8. The van der Waals surface area contributed by atoms with E-state index in [1.807, 2.05) is 90.8 Å². The zero-order valence-electron chi connectivity index (χ0n) is 49.2. The fourth-order valence-corrected chi connectivity index (χ4v) is 11.9. The average Bonchev–Trinajstić information content (AvgIpc) is 1.73. The van der Waals surface area contributed by atoms with Gasteiger partial charge in [0.2, 0.25) is 42.3 Å². The predicted molar refractivity (Wildman–Crippen MR) is 324 cm³/mol. The highest BCUT2D eigenvalue weighted by molar-refractivity contribution is 6.35. The molecule has 88 heavy (non-hydrogen) atoms. The number of carbonyl (C=O) groups excluding carboxylic acids is 4. The van der Waals surface area contributed by atoms with E-state index in [1.54, 1.807) is 80.5 Å². The summed E-state index contributed by atoms with van der Waals surface area (Å²) in [6, 6.07) is 26.1. The van der Waals surface area contributed by atoms with Crippen LogP contribution in [0.25, 0.3) is 0 Å². The number of hydrogen-bond acceptors (Lipinski definition) is 16. The van der Waals surface area contributed by atoms with E-state index in [0.717, 1.165) is 37.6 Å². The van der Waals surface area contributed by atoms with Crippen LogP contribution in [0, 0.1) is 0 Å². The first-order valence-electron chi connectivity index (χ1n) is 29.2. The highest BCUT2D eigenvalue weighted by Crippen LogP contribution is 2.42. The molecule has 0 spiro atoms. The number of halogens is 4. The number of esters is 1. The van der Waals surface area contributed by atoms with Crippen molar-refractivity contribution in [3.8, 4) is 11.5 Å². The van der Waals surface area contributed by atoms with Gasteiger partial charge in [-0.15, -0.1) is 0 Å². The Morgan fingerprint density at radius 2 is 1.08 bits per heavy atom. The Morgan fingerprint density at radius 3 is 1.57 bits per heavy atom. The minimum atomic E-state index is -1.31. The van der Waals surface area contributed by atoms with Crippen LogP contribution in [-0.4, -0.2) is 160 Å². The normalized spacial score (nSPS) is 20.7. The molecule has 1 unspecified atom stereocenters. The summed E-state index contributed by atoms with van der Waals surface area (Å²) in [5.74, 6) is -1.45. The van der Waals surface area contributed by atoms with Crippen molar-refractivity contribution in [1.82, 2.24) is 18.9 Å². The van der Waals surface area contributed by atoms with Crippen LogP contribution < -0.4 is 28.4 Å². The lowest BCUT2D eigenvalue weighted by Crippen LogP contribution is -2.48. The van der Waals surface area contributed by atoms with Crippen LogP contribution in [0.15, 0.2) is 122 Å². The van der Waals surface area contributed by atoms with Gasteiger partial charge in [0.05, 0.1) is 42.9 Å². The van der Waals surface area contributed by atoms with Gasteiger partial charge in [-0.1, -0.05) is 58.5 Å². The fourth-order valence-electron chi connectivity index (χ4n) is 10.8. The lowest BCUT2D eigenvalue weighted by molar-refractivity contribution is -0.720. The third-order valence-electron chi connectivity index (χ3n) is 15.6. The number of benzene rings is 4. The van der Waals surface area contributed by atoms with Gasteiger partial charge in [-0.3, -0.25) is 14.4 Å². The molecule has 5 atom stereocenters. The van der Waals surface area contributed by atoms with Gasteiger partial charge in [-0.2, -0.15) is 4.57 Å². The van der Waals surface area contributed by atoms with Crippen molar-refractivity contribution >= 4 is 81.7 Å². The monoisotopic (exact) mass is 1290 g/mol. The van der Waals surface area contributed by atoms with E-state index in [4.69, 9.17) is 93.8 Å². The number of aromatic nitrogens is 4. The molecular weight excluding hydrogens is 1220 g/mol. The van der Waals surface area contributed by atoms with Gasteiger partial charge in [0.25, 0.3) is 0 Å². The summed E-state index contributed by atoms with van der Waals surface area (Å²) in [6.07, 6.45) is 8.38. The molecule has 2 amide bonds. The first-order valence-corrected chi connectivity index (χ1v) is 30.7. The van der Waals surface area contributed by atoms with Gasteiger partial charge in [-0.05, 0) is 72.8 Å². The number of imidazole rings is 2. The van der Waals surface area contributed by atoms with E-state index in [9.17, 15) is 19.2 Å². The van der Waals surface area contributed by atoms with E-state index >= 15 is 0 Å². The second kappa shape index (κ2) is 29.6. The Balaban J connectivity index is 0.620. The fraction of sp³-hybridized carbons (Fsp3) is 0.452. The third-order valence-corrected chi connectivity index (χ3v) is 16.7. The van der Waals surface area contributed by atoms with E-state index in [1.165, 1.54) is 0 Å². The highest BCUT2D eigenvalue weighted by atomic mass is 35.5. The molecule has 0 bridgehead atoms. The van der Waals surface area contributed by atoms with Crippen LogP contribution in [0.1, 0.15) is 44.5 Å². The Kier molecular flexibility index (Phi) is 21.6. The number of amides is 2. The van der Waals surface area contributed by atoms with E-state index < -0.39 is 42.1 Å². The van der Waals surface area contributed by atoms with Gasteiger partial charge in [0.1, 0.15) is 94.6 Å². The maximum absolute atomic E-state index is 12.7. The number of carbonyl (C=O) groups is 4. The molecule has 6 heterocycles. The van der Waals surface area contributed by atoms with Crippen molar-refractivity contribution in [2.75, 3.05) is 115 Å². The average molecular weight is 1300 g/mol. The highest BCUT2D eigenvalue weighted by Gasteiger charge is 2.49. The van der Waals surface area contributed by atoms with Gasteiger partial charge in [-0.25, -0.2) is 18.5 Å². The van der Waals surface area contributed by atoms with E-state index in [0.29, 0.717) is 75.4 Å². The molecule has 6 aromatic rings. The van der Waals surface area contributed by atoms with Gasteiger partial charge < -0.3 is 67.0 Å². The molecule has 4 fully saturated rings. The van der Waals surface area contributed by atoms with Crippen molar-refractivity contribution in [3.63, 3.8) is 0 Å². The van der Waals surface area contributed by atoms with Crippen LogP contribution >= 0.6 is 46.4 Å². The molecule has 4 aromatic carbocycles. The van der Waals surface area contributed by atoms with Crippen LogP contribution in [-0.2, 0) is 83.5 Å². The van der Waals surface area contributed by atoms with Crippen LogP contribution in [0.4, 0.5) is 16.2 Å². The molecule has 4 aliphatic rings. The van der Waals surface area contributed by atoms with Crippen molar-refractivity contribution in [3.05, 3.63) is 154 Å². The first-order chi connectivity index (χ1) is 42.5. The maximum Gasteiger partial charge on any atom is 0.511 e. The third kappa shape index (κ3) is 16.7.